The molecule has 2 atom stereocenters. The van der Waals surface area contributed by atoms with E-state index < -0.39 is 5.97 Å². The SMILES string of the molecule is CC1(C)C2(CCC2)C12CNC(C(=O)O)C2. The van der Waals surface area contributed by atoms with E-state index in [1.807, 2.05) is 0 Å². The van der Waals surface area contributed by atoms with Crippen molar-refractivity contribution >= 4 is 5.97 Å². The van der Waals surface area contributed by atoms with Crippen molar-refractivity contribution in [3.63, 3.8) is 0 Å². The highest BCUT2D eigenvalue weighted by Gasteiger charge is 2.83. The van der Waals surface area contributed by atoms with Gasteiger partial charge in [-0.3, -0.25) is 4.79 Å². The largest absolute Gasteiger partial charge is 0.480 e. The molecule has 2 aliphatic carbocycles. The lowest BCUT2D eigenvalue weighted by molar-refractivity contribution is -0.139. The second-order valence-corrected chi connectivity index (χ2v) is 6.12. The van der Waals surface area contributed by atoms with Gasteiger partial charge in [0.1, 0.15) is 6.04 Å². The minimum Gasteiger partial charge on any atom is -0.480 e. The van der Waals surface area contributed by atoms with Gasteiger partial charge in [0.15, 0.2) is 0 Å². The Bertz CT molecular complexity index is 333. The number of carboxylic acids is 1. The number of hydrogen-bond donors (Lipinski definition) is 2. The van der Waals surface area contributed by atoms with Gasteiger partial charge in [0.25, 0.3) is 0 Å². The molecule has 3 rings (SSSR count). The summed E-state index contributed by atoms with van der Waals surface area (Å²) in [6, 6.07) is -0.302. The van der Waals surface area contributed by atoms with Gasteiger partial charge in [-0.05, 0) is 35.5 Å². The van der Waals surface area contributed by atoms with Gasteiger partial charge >= 0.3 is 5.97 Å². The van der Waals surface area contributed by atoms with Crippen LogP contribution < -0.4 is 5.32 Å². The summed E-state index contributed by atoms with van der Waals surface area (Å²) >= 11 is 0. The van der Waals surface area contributed by atoms with E-state index in [0.29, 0.717) is 16.2 Å². The summed E-state index contributed by atoms with van der Waals surface area (Å²) < 4.78 is 0. The van der Waals surface area contributed by atoms with Crippen molar-refractivity contribution in [3.05, 3.63) is 0 Å². The first-order valence-electron chi connectivity index (χ1n) is 5.93. The van der Waals surface area contributed by atoms with Gasteiger partial charge in [0, 0.05) is 6.54 Å². The second kappa shape index (κ2) is 2.40. The Morgan fingerprint density at radius 1 is 1.33 bits per heavy atom. The minimum absolute atomic E-state index is 0.293. The minimum atomic E-state index is -0.677. The molecular weight excluding hydrogens is 190 g/mol. The van der Waals surface area contributed by atoms with E-state index >= 15 is 0 Å². The third-order valence-electron chi connectivity index (χ3n) is 5.95. The Kier molecular flexibility index (Phi) is 1.54. The lowest BCUT2D eigenvalue weighted by atomic mass is 9.73. The Balaban J connectivity index is 1.87. The van der Waals surface area contributed by atoms with Crippen molar-refractivity contribution in [2.24, 2.45) is 16.2 Å². The van der Waals surface area contributed by atoms with Crippen LogP contribution in [0.3, 0.4) is 0 Å². The molecule has 2 unspecified atom stereocenters. The van der Waals surface area contributed by atoms with Crippen molar-refractivity contribution in [1.82, 2.24) is 5.32 Å². The smallest absolute Gasteiger partial charge is 0.320 e. The van der Waals surface area contributed by atoms with Gasteiger partial charge in [0.05, 0.1) is 0 Å². The highest BCUT2D eigenvalue weighted by molar-refractivity contribution is 5.74. The third kappa shape index (κ3) is 0.780. The predicted octanol–water partition coefficient (Wildman–Crippen LogP) is 1.63. The zero-order chi connectivity index (χ0) is 10.9. The van der Waals surface area contributed by atoms with E-state index in [-0.39, 0.29) is 6.04 Å². The van der Waals surface area contributed by atoms with Crippen LogP contribution in [0.1, 0.15) is 39.5 Å². The Hall–Kier alpha value is -0.570. The first-order chi connectivity index (χ1) is 6.97. The van der Waals surface area contributed by atoms with Gasteiger partial charge in [-0.2, -0.15) is 0 Å². The molecule has 0 amide bonds. The first-order valence-corrected chi connectivity index (χ1v) is 5.93. The molecule has 0 radical (unpaired) electrons. The van der Waals surface area contributed by atoms with Gasteiger partial charge in [-0.1, -0.05) is 20.3 Å². The topological polar surface area (TPSA) is 49.3 Å². The van der Waals surface area contributed by atoms with Crippen LogP contribution in [0.5, 0.6) is 0 Å². The summed E-state index contributed by atoms with van der Waals surface area (Å²) in [5.41, 5.74) is 1.13. The summed E-state index contributed by atoms with van der Waals surface area (Å²) in [6.07, 6.45) is 4.81. The molecule has 1 heterocycles. The lowest BCUT2D eigenvalue weighted by Gasteiger charge is -2.31. The highest BCUT2D eigenvalue weighted by Crippen LogP contribution is 2.87. The van der Waals surface area contributed by atoms with Crippen LogP contribution in [-0.4, -0.2) is 23.7 Å². The average Bonchev–Trinajstić information content (AvgIpc) is 2.43. The standard InChI is InChI=1S/C12H19NO2/c1-10(2)11(4-3-5-11)12(10)6-8(9(14)15)13-7-12/h8,13H,3-7H2,1-2H3,(H,14,15). The van der Waals surface area contributed by atoms with Crippen LogP contribution in [0.2, 0.25) is 0 Å². The van der Waals surface area contributed by atoms with E-state index in [1.165, 1.54) is 19.3 Å². The van der Waals surface area contributed by atoms with Crippen molar-refractivity contribution < 1.29 is 9.90 Å². The maximum absolute atomic E-state index is 11.0. The van der Waals surface area contributed by atoms with Crippen molar-refractivity contribution in [2.45, 2.75) is 45.6 Å². The van der Waals surface area contributed by atoms with Crippen LogP contribution in [0, 0.1) is 16.2 Å². The monoisotopic (exact) mass is 209 g/mol. The van der Waals surface area contributed by atoms with E-state index in [0.717, 1.165) is 13.0 Å². The fraction of sp³-hybridized carbons (Fsp3) is 0.917. The fourth-order valence-corrected chi connectivity index (χ4v) is 4.70. The maximum atomic E-state index is 11.0. The molecule has 2 saturated carbocycles. The van der Waals surface area contributed by atoms with Crippen molar-refractivity contribution in [2.75, 3.05) is 6.54 Å². The molecule has 0 aromatic carbocycles. The van der Waals surface area contributed by atoms with E-state index in [4.69, 9.17) is 5.11 Å². The molecule has 2 N–H and O–H groups in total. The van der Waals surface area contributed by atoms with Crippen molar-refractivity contribution in [1.29, 1.82) is 0 Å². The van der Waals surface area contributed by atoms with Crippen LogP contribution in [0.4, 0.5) is 0 Å². The third-order valence-corrected chi connectivity index (χ3v) is 5.95. The Morgan fingerprint density at radius 3 is 2.33 bits per heavy atom. The normalized spacial score (nSPS) is 44.3. The van der Waals surface area contributed by atoms with Gasteiger partial charge < -0.3 is 10.4 Å². The fourth-order valence-electron chi connectivity index (χ4n) is 4.70. The Morgan fingerprint density at radius 2 is 2.00 bits per heavy atom. The van der Waals surface area contributed by atoms with Crippen LogP contribution >= 0.6 is 0 Å². The first kappa shape index (κ1) is 9.64. The number of fused-ring (bicyclic) bond motifs is 1. The molecule has 3 heteroatoms. The molecule has 3 fully saturated rings. The van der Waals surface area contributed by atoms with E-state index in [9.17, 15) is 4.79 Å². The number of rotatable bonds is 1. The molecule has 0 aromatic heterocycles. The number of carboxylic acid groups (broad SMARTS) is 1. The highest BCUT2D eigenvalue weighted by atomic mass is 16.4. The Labute approximate surface area is 90.2 Å². The van der Waals surface area contributed by atoms with Crippen LogP contribution in [0.15, 0.2) is 0 Å². The summed E-state index contributed by atoms with van der Waals surface area (Å²) in [5.74, 6) is -0.677. The van der Waals surface area contributed by atoms with Crippen molar-refractivity contribution in [3.8, 4) is 0 Å². The summed E-state index contributed by atoms with van der Waals surface area (Å²) in [4.78, 5) is 11.0. The van der Waals surface area contributed by atoms with E-state index in [1.54, 1.807) is 0 Å². The molecule has 15 heavy (non-hydrogen) atoms. The zero-order valence-electron chi connectivity index (χ0n) is 9.47. The molecule has 3 aliphatic rings. The molecule has 1 saturated heterocycles. The molecule has 0 aromatic rings. The molecule has 1 aliphatic heterocycles. The summed E-state index contributed by atoms with van der Waals surface area (Å²) in [5, 5.41) is 12.2. The number of aliphatic carboxylic acids is 1. The number of carbonyl (C=O) groups is 1. The van der Waals surface area contributed by atoms with Gasteiger partial charge in [-0.25, -0.2) is 0 Å². The molecule has 84 valence electrons. The molecular formula is C12H19NO2. The van der Waals surface area contributed by atoms with Crippen LogP contribution in [-0.2, 0) is 4.79 Å². The number of nitrogens with one attached hydrogen (secondary N) is 1. The predicted molar refractivity (Wildman–Crippen MR) is 56.5 cm³/mol. The molecule has 0 bridgehead atoms. The maximum Gasteiger partial charge on any atom is 0.320 e. The molecule has 3 nitrogen and oxygen atoms in total. The zero-order valence-corrected chi connectivity index (χ0v) is 9.47. The average molecular weight is 209 g/mol. The molecule has 2 spiro atoms. The second-order valence-electron chi connectivity index (χ2n) is 6.12. The lowest BCUT2D eigenvalue weighted by Crippen LogP contribution is -2.30. The van der Waals surface area contributed by atoms with Crippen LogP contribution in [0.25, 0.3) is 0 Å². The summed E-state index contributed by atoms with van der Waals surface area (Å²) in [6.45, 7) is 5.58. The van der Waals surface area contributed by atoms with Gasteiger partial charge in [-0.15, -0.1) is 0 Å². The summed E-state index contributed by atoms with van der Waals surface area (Å²) in [7, 11) is 0. The van der Waals surface area contributed by atoms with E-state index in [2.05, 4.69) is 19.2 Å². The number of hydrogen-bond acceptors (Lipinski definition) is 2. The quantitative estimate of drug-likeness (QED) is 0.690. The van der Waals surface area contributed by atoms with Gasteiger partial charge in [0.2, 0.25) is 0 Å².